The lowest BCUT2D eigenvalue weighted by Gasteiger charge is -2.06. The quantitative estimate of drug-likeness (QED) is 0.907. The second-order valence-electron chi connectivity index (χ2n) is 3.93. The summed E-state index contributed by atoms with van der Waals surface area (Å²) in [5, 5.41) is 1.12. The lowest BCUT2D eigenvalue weighted by Crippen LogP contribution is -2.30. The lowest BCUT2D eigenvalue weighted by atomic mass is 10.0. The molecule has 0 spiro atoms. The maximum atomic E-state index is 11.1. The number of aromatic nitrogens is 1. The minimum Gasteiger partial charge on any atom is -0.361 e. The number of H-pyrrole nitrogens is 1. The average Bonchev–Trinajstić information content (AvgIpc) is 2.61. The van der Waals surface area contributed by atoms with Crippen LogP contribution < -0.4 is 5.73 Å². The Hall–Kier alpha value is -1.13. The van der Waals surface area contributed by atoms with Crippen molar-refractivity contribution in [3.63, 3.8) is 0 Å². The summed E-state index contributed by atoms with van der Waals surface area (Å²) in [7, 11) is 0. The van der Waals surface area contributed by atoms with Gasteiger partial charge in [-0.05, 0) is 37.1 Å². The van der Waals surface area contributed by atoms with Crippen LogP contribution in [0.1, 0.15) is 12.5 Å². The van der Waals surface area contributed by atoms with Gasteiger partial charge in [0, 0.05) is 21.6 Å². The van der Waals surface area contributed by atoms with Crippen LogP contribution in [-0.2, 0) is 11.2 Å². The first kappa shape index (κ1) is 11.4. The Balaban J connectivity index is 2.37. The molecular weight excluding hydrogens is 268 g/mol. The number of nitrogens with one attached hydrogen (secondary N) is 1. The van der Waals surface area contributed by atoms with E-state index < -0.39 is 6.04 Å². The molecule has 3 N–H and O–H groups in total. The number of aromatic amines is 1. The second kappa shape index (κ2) is 4.39. The molecule has 0 amide bonds. The van der Waals surface area contributed by atoms with E-state index in [1.165, 1.54) is 6.92 Å². The Morgan fingerprint density at radius 2 is 2.31 bits per heavy atom. The maximum Gasteiger partial charge on any atom is 0.146 e. The largest absolute Gasteiger partial charge is 0.361 e. The van der Waals surface area contributed by atoms with E-state index in [9.17, 15) is 4.79 Å². The predicted molar refractivity (Wildman–Crippen MR) is 68.4 cm³/mol. The van der Waals surface area contributed by atoms with Gasteiger partial charge >= 0.3 is 0 Å². The number of ketones is 1. The molecule has 0 bridgehead atoms. The van der Waals surface area contributed by atoms with E-state index in [1.807, 2.05) is 24.4 Å². The lowest BCUT2D eigenvalue weighted by molar-refractivity contribution is -0.118. The van der Waals surface area contributed by atoms with Crippen LogP contribution in [0.2, 0.25) is 0 Å². The molecule has 16 heavy (non-hydrogen) atoms. The van der Waals surface area contributed by atoms with Crippen molar-refractivity contribution in [1.29, 1.82) is 0 Å². The molecule has 0 aliphatic carbocycles. The number of nitrogens with two attached hydrogens (primary N) is 1. The number of halogens is 1. The van der Waals surface area contributed by atoms with E-state index in [4.69, 9.17) is 5.73 Å². The monoisotopic (exact) mass is 280 g/mol. The normalized spacial score (nSPS) is 12.9. The van der Waals surface area contributed by atoms with Gasteiger partial charge in [0.15, 0.2) is 0 Å². The summed E-state index contributed by atoms with van der Waals surface area (Å²) < 4.78 is 1.03. The van der Waals surface area contributed by atoms with Crippen molar-refractivity contribution in [3.8, 4) is 0 Å². The fourth-order valence-corrected chi connectivity index (χ4v) is 2.06. The number of benzene rings is 1. The molecule has 1 aromatic carbocycles. The summed E-state index contributed by atoms with van der Waals surface area (Å²) in [5.74, 6) is 0.0179. The number of fused-ring (bicyclic) bond motifs is 1. The summed E-state index contributed by atoms with van der Waals surface area (Å²) in [6.07, 6.45) is 2.49. The van der Waals surface area contributed by atoms with Gasteiger partial charge in [0.25, 0.3) is 0 Å². The third kappa shape index (κ3) is 2.18. The van der Waals surface area contributed by atoms with Gasteiger partial charge in [-0.15, -0.1) is 0 Å². The third-order valence-electron chi connectivity index (χ3n) is 2.69. The van der Waals surface area contributed by atoms with E-state index in [1.54, 1.807) is 0 Å². The molecule has 0 radical (unpaired) electrons. The number of hydrogen-bond donors (Lipinski definition) is 2. The Labute approximate surface area is 102 Å². The molecule has 2 rings (SSSR count). The highest BCUT2D eigenvalue weighted by Crippen LogP contribution is 2.23. The Kier molecular flexibility index (Phi) is 3.12. The van der Waals surface area contributed by atoms with Crippen LogP contribution in [0, 0.1) is 0 Å². The van der Waals surface area contributed by atoms with Crippen molar-refractivity contribution in [3.05, 3.63) is 34.4 Å². The molecule has 0 aliphatic rings. The zero-order valence-electron chi connectivity index (χ0n) is 8.96. The van der Waals surface area contributed by atoms with Crippen molar-refractivity contribution in [1.82, 2.24) is 4.98 Å². The standard InChI is InChI=1S/C12H13BrN2O/c1-7(16)11(14)4-8-6-15-12-3-2-9(13)5-10(8)12/h2-3,5-6,11,15H,4,14H2,1H3. The van der Waals surface area contributed by atoms with Crippen LogP contribution in [0.25, 0.3) is 10.9 Å². The highest BCUT2D eigenvalue weighted by Gasteiger charge is 2.12. The summed E-state index contributed by atoms with van der Waals surface area (Å²) in [4.78, 5) is 14.3. The molecule has 1 heterocycles. The number of rotatable bonds is 3. The minimum absolute atomic E-state index is 0.0179. The molecule has 1 unspecified atom stereocenters. The maximum absolute atomic E-state index is 11.1. The third-order valence-corrected chi connectivity index (χ3v) is 3.18. The van der Waals surface area contributed by atoms with E-state index in [2.05, 4.69) is 20.9 Å². The van der Waals surface area contributed by atoms with E-state index in [0.717, 1.165) is 20.9 Å². The number of hydrogen-bond acceptors (Lipinski definition) is 2. The molecule has 84 valence electrons. The van der Waals surface area contributed by atoms with Crippen molar-refractivity contribution < 1.29 is 4.79 Å². The molecule has 3 nitrogen and oxygen atoms in total. The van der Waals surface area contributed by atoms with Crippen molar-refractivity contribution in [2.75, 3.05) is 0 Å². The van der Waals surface area contributed by atoms with Crippen LogP contribution in [0.4, 0.5) is 0 Å². The Bertz CT molecular complexity index is 533. The molecule has 0 fully saturated rings. The molecule has 2 aromatic rings. The molecular formula is C12H13BrN2O. The summed E-state index contributed by atoms with van der Waals surface area (Å²) >= 11 is 3.43. The molecule has 0 saturated heterocycles. The van der Waals surface area contributed by atoms with Gasteiger partial charge in [0.1, 0.15) is 5.78 Å². The van der Waals surface area contributed by atoms with Crippen LogP contribution in [0.15, 0.2) is 28.9 Å². The topological polar surface area (TPSA) is 58.9 Å². The van der Waals surface area contributed by atoms with Gasteiger partial charge in [-0.3, -0.25) is 4.79 Å². The van der Waals surface area contributed by atoms with E-state index in [-0.39, 0.29) is 5.78 Å². The van der Waals surface area contributed by atoms with Gasteiger partial charge in [0.2, 0.25) is 0 Å². The highest BCUT2D eigenvalue weighted by atomic mass is 79.9. The smallest absolute Gasteiger partial charge is 0.146 e. The number of carbonyl (C=O) groups excluding carboxylic acids is 1. The summed E-state index contributed by atoms with van der Waals surface area (Å²) in [5.41, 5.74) is 7.91. The van der Waals surface area contributed by atoms with Crippen LogP contribution in [-0.4, -0.2) is 16.8 Å². The second-order valence-corrected chi connectivity index (χ2v) is 4.84. The van der Waals surface area contributed by atoms with Gasteiger partial charge in [-0.1, -0.05) is 15.9 Å². The highest BCUT2D eigenvalue weighted by molar-refractivity contribution is 9.10. The van der Waals surface area contributed by atoms with Crippen LogP contribution in [0.5, 0.6) is 0 Å². The van der Waals surface area contributed by atoms with Crippen molar-refractivity contribution in [2.24, 2.45) is 5.73 Å². The van der Waals surface area contributed by atoms with Gasteiger partial charge in [0.05, 0.1) is 6.04 Å². The van der Waals surface area contributed by atoms with E-state index >= 15 is 0 Å². The number of carbonyl (C=O) groups is 1. The fourth-order valence-electron chi connectivity index (χ4n) is 1.70. The SMILES string of the molecule is CC(=O)C(N)Cc1c[nH]c2ccc(Br)cc12. The van der Waals surface area contributed by atoms with Crippen LogP contribution >= 0.6 is 15.9 Å². The first-order valence-corrected chi connectivity index (χ1v) is 5.89. The average molecular weight is 281 g/mol. The zero-order chi connectivity index (χ0) is 11.7. The first-order valence-electron chi connectivity index (χ1n) is 5.09. The van der Waals surface area contributed by atoms with Crippen LogP contribution in [0.3, 0.4) is 0 Å². The Morgan fingerprint density at radius 3 is 3.00 bits per heavy atom. The van der Waals surface area contributed by atoms with Gasteiger partial charge in [-0.25, -0.2) is 0 Å². The fraction of sp³-hybridized carbons (Fsp3) is 0.250. The van der Waals surface area contributed by atoms with E-state index in [0.29, 0.717) is 6.42 Å². The molecule has 0 aliphatic heterocycles. The van der Waals surface area contributed by atoms with Gasteiger partial charge in [-0.2, -0.15) is 0 Å². The van der Waals surface area contributed by atoms with Crippen molar-refractivity contribution in [2.45, 2.75) is 19.4 Å². The molecule has 4 heteroatoms. The molecule has 0 saturated carbocycles. The zero-order valence-corrected chi connectivity index (χ0v) is 10.5. The summed E-state index contributed by atoms with van der Waals surface area (Å²) in [6.45, 7) is 1.52. The minimum atomic E-state index is -0.419. The first-order chi connectivity index (χ1) is 7.58. The Morgan fingerprint density at radius 1 is 1.56 bits per heavy atom. The molecule has 1 aromatic heterocycles. The van der Waals surface area contributed by atoms with Gasteiger partial charge < -0.3 is 10.7 Å². The number of Topliss-reactive ketones (excluding diaryl/α,β-unsaturated/α-hetero) is 1. The predicted octanol–water partition coefficient (Wildman–Crippen LogP) is 2.39. The summed E-state index contributed by atoms with van der Waals surface area (Å²) in [6, 6.07) is 5.60. The van der Waals surface area contributed by atoms with Crippen molar-refractivity contribution >= 4 is 32.6 Å². The molecule has 1 atom stereocenters.